The summed E-state index contributed by atoms with van der Waals surface area (Å²) in [7, 11) is 0. The van der Waals surface area contributed by atoms with Crippen molar-refractivity contribution in [3.05, 3.63) is 66.1 Å². The van der Waals surface area contributed by atoms with Crippen LogP contribution in [-0.2, 0) is 6.54 Å². The highest BCUT2D eigenvalue weighted by atomic mass is 14.9. The number of aryl methyl sites for hydroxylation is 1. The van der Waals surface area contributed by atoms with Gasteiger partial charge in [-0.3, -0.25) is 4.98 Å². The maximum atomic E-state index is 4.46. The summed E-state index contributed by atoms with van der Waals surface area (Å²) in [6.45, 7) is 3.06. The van der Waals surface area contributed by atoms with Crippen molar-refractivity contribution in [1.82, 2.24) is 9.55 Å². The Morgan fingerprint density at radius 3 is 2.71 bits per heavy atom. The zero-order valence-electron chi connectivity index (χ0n) is 9.80. The first-order chi connectivity index (χ1) is 8.34. The van der Waals surface area contributed by atoms with Gasteiger partial charge in [-0.2, -0.15) is 0 Å². The molecular weight excluding hydrogens is 208 g/mol. The minimum atomic E-state index is 0.908. The first-order valence-corrected chi connectivity index (χ1v) is 5.78. The molecule has 0 radical (unpaired) electrons. The van der Waals surface area contributed by atoms with Gasteiger partial charge in [0, 0.05) is 30.5 Å². The van der Waals surface area contributed by atoms with Crippen molar-refractivity contribution in [3.8, 4) is 0 Å². The van der Waals surface area contributed by atoms with Crippen LogP contribution in [0.2, 0.25) is 0 Å². The van der Waals surface area contributed by atoms with E-state index in [0.717, 1.165) is 12.1 Å². The van der Waals surface area contributed by atoms with E-state index >= 15 is 0 Å². The van der Waals surface area contributed by atoms with Crippen LogP contribution < -0.4 is 0 Å². The molecule has 3 aromatic rings. The molecule has 0 bridgehead atoms. The van der Waals surface area contributed by atoms with E-state index in [-0.39, 0.29) is 0 Å². The summed E-state index contributed by atoms with van der Waals surface area (Å²) in [6, 6.07) is 12.5. The zero-order chi connectivity index (χ0) is 11.7. The van der Waals surface area contributed by atoms with E-state index in [1.807, 2.05) is 12.3 Å². The summed E-state index contributed by atoms with van der Waals surface area (Å²) in [6.07, 6.45) is 6.03. The van der Waals surface area contributed by atoms with E-state index < -0.39 is 0 Å². The minimum absolute atomic E-state index is 0.908. The number of benzene rings is 1. The Hall–Kier alpha value is -2.09. The van der Waals surface area contributed by atoms with Crippen molar-refractivity contribution in [2.24, 2.45) is 0 Å². The van der Waals surface area contributed by atoms with Gasteiger partial charge in [-0.05, 0) is 36.2 Å². The highest BCUT2D eigenvalue weighted by Crippen LogP contribution is 2.20. The standard InChI is InChI=1S/C15H14N2/c1-12-14(11-17-9-2-3-10-17)7-6-13-5-4-8-16-15(12)13/h2-10H,11H2,1H3. The monoisotopic (exact) mass is 222 g/mol. The Balaban J connectivity index is 2.09. The molecule has 0 fully saturated rings. The molecule has 0 atom stereocenters. The van der Waals surface area contributed by atoms with Gasteiger partial charge >= 0.3 is 0 Å². The second-order valence-corrected chi connectivity index (χ2v) is 4.28. The SMILES string of the molecule is Cc1c(Cn2cccc2)ccc2cccnc12. The topological polar surface area (TPSA) is 17.8 Å². The quantitative estimate of drug-likeness (QED) is 0.650. The second kappa shape index (κ2) is 4.06. The first kappa shape index (κ1) is 10.1. The van der Waals surface area contributed by atoms with Gasteiger partial charge in [0.25, 0.3) is 0 Å². The molecule has 0 unspecified atom stereocenters. The molecule has 2 nitrogen and oxygen atoms in total. The summed E-state index contributed by atoms with van der Waals surface area (Å²) in [4.78, 5) is 4.46. The van der Waals surface area contributed by atoms with Gasteiger partial charge in [-0.15, -0.1) is 0 Å². The third-order valence-corrected chi connectivity index (χ3v) is 3.16. The number of hydrogen-bond acceptors (Lipinski definition) is 1. The Morgan fingerprint density at radius 1 is 1.06 bits per heavy atom. The molecule has 0 saturated carbocycles. The van der Waals surface area contributed by atoms with Crippen LogP contribution >= 0.6 is 0 Å². The third-order valence-electron chi connectivity index (χ3n) is 3.16. The zero-order valence-corrected chi connectivity index (χ0v) is 9.80. The molecule has 84 valence electrons. The van der Waals surface area contributed by atoms with Crippen LogP contribution in [0.4, 0.5) is 0 Å². The van der Waals surface area contributed by atoms with E-state index in [2.05, 4.69) is 59.2 Å². The molecule has 0 saturated heterocycles. The van der Waals surface area contributed by atoms with Crippen molar-refractivity contribution < 1.29 is 0 Å². The van der Waals surface area contributed by atoms with E-state index in [9.17, 15) is 0 Å². The largest absolute Gasteiger partial charge is 0.350 e. The van der Waals surface area contributed by atoms with Crippen LogP contribution in [0.3, 0.4) is 0 Å². The summed E-state index contributed by atoms with van der Waals surface area (Å²) < 4.78 is 2.18. The molecule has 0 amide bonds. The Labute approximate surface area is 101 Å². The third kappa shape index (κ3) is 1.82. The first-order valence-electron chi connectivity index (χ1n) is 5.78. The van der Waals surface area contributed by atoms with Crippen LogP contribution in [0, 0.1) is 6.92 Å². The van der Waals surface area contributed by atoms with Crippen LogP contribution in [0.25, 0.3) is 10.9 Å². The van der Waals surface area contributed by atoms with Crippen molar-refractivity contribution in [3.63, 3.8) is 0 Å². The van der Waals surface area contributed by atoms with Gasteiger partial charge < -0.3 is 4.57 Å². The fraction of sp³-hybridized carbons (Fsp3) is 0.133. The second-order valence-electron chi connectivity index (χ2n) is 4.28. The minimum Gasteiger partial charge on any atom is -0.350 e. The van der Waals surface area contributed by atoms with Gasteiger partial charge in [0.15, 0.2) is 0 Å². The van der Waals surface area contributed by atoms with Crippen molar-refractivity contribution >= 4 is 10.9 Å². The predicted molar refractivity (Wildman–Crippen MR) is 70.0 cm³/mol. The lowest BCUT2D eigenvalue weighted by Gasteiger charge is -2.09. The summed E-state index contributed by atoms with van der Waals surface area (Å²) in [5, 5.41) is 1.21. The van der Waals surface area contributed by atoms with Gasteiger partial charge in [0.05, 0.1) is 5.52 Å². The molecule has 0 aliphatic heterocycles. The number of hydrogen-bond donors (Lipinski definition) is 0. The molecule has 2 heterocycles. The Morgan fingerprint density at radius 2 is 1.88 bits per heavy atom. The molecule has 17 heavy (non-hydrogen) atoms. The van der Waals surface area contributed by atoms with Crippen molar-refractivity contribution in [2.45, 2.75) is 13.5 Å². The van der Waals surface area contributed by atoms with Gasteiger partial charge in [-0.1, -0.05) is 18.2 Å². The number of aromatic nitrogens is 2. The van der Waals surface area contributed by atoms with E-state index in [0.29, 0.717) is 0 Å². The number of nitrogens with zero attached hydrogens (tertiary/aromatic N) is 2. The smallest absolute Gasteiger partial charge is 0.0734 e. The number of fused-ring (bicyclic) bond motifs is 1. The van der Waals surface area contributed by atoms with Gasteiger partial charge in [-0.25, -0.2) is 0 Å². The number of pyridine rings is 1. The summed E-state index contributed by atoms with van der Waals surface area (Å²) >= 11 is 0. The molecule has 0 spiro atoms. The molecule has 0 aliphatic rings. The van der Waals surface area contributed by atoms with E-state index in [1.165, 1.54) is 16.5 Å². The molecular formula is C15H14N2. The van der Waals surface area contributed by atoms with E-state index in [4.69, 9.17) is 0 Å². The highest BCUT2D eigenvalue weighted by Gasteiger charge is 2.04. The average Bonchev–Trinajstić information content (AvgIpc) is 2.86. The van der Waals surface area contributed by atoms with Crippen LogP contribution in [-0.4, -0.2) is 9.55 Å². The van der Waals surface area contributed by atoms with E-state index in [1.54, 1.807) is 0 Å². The molecule has 2 heteroatoms. The summed E-state index contributed by atoms with van der Waals surface area (Å²) in [5.41, 5.74) is 3.71. The lowest BCUT2D eigenvalue weighted by atomic mass is 10.0. The average molecular weight is 222 g/mol. The van der Waals surface area contributed by atoms with Crippen molar-refractivity contribution in [2.75, 3.05) is 0 Å². The Kier molecular flexibility index (Phi) is 2.41. The highest BCUT2D eigenvalue weighted by molar-refractivity contribution is 5.82. The molecule has 0 N–H and O–H groups in total. The Bertz CT molecular complexity index is 639. The van der Waals surface area contributed by atoms with Crippen LogP contribution in [0.5, 0.6) is 0 Å². The molecule has 2 aromatic heterocycles. The lowest BCUT2D eigenvalue weighted by Crippen LogP contribution is -1.99. The fourth-order valence-electron chi connectivity index (χ4n) is 2.18. The van der Waals surface area contributed by atoms with Crippen molar-refractivity contribution in [1.29, 1.82) is 0 Å². The predicted octanol–water partition coefficient (Wildman–Crippen LogP) is 3.39. The van der Waals surface area contributed by atoms with Gasteiger partial charge in [0.2, 0.25) is 0 Å². The van der Waals surface area contributed by atoms with Crippen LogP contribution in [0.1, 0.15) is 11.1 Å². The molecule has 1 aromatic carbocycles. The summed E-state index contributed by atoms with van der Waals surface area (Å²) in [5.74, 6) is 0. The maximum Gasteiger partial charge on any atom is 0.0734 e. The maximum absolute atomic E-state index is 4.46. The molecule has 3 rings (SSSR count). The normalized spacial score (nSPS) is 10.9. The molecule has 0 aliphatic carbocycles. The number of rotatable bonds is 2. The van der Waals surface area contributed by atoms with Crippen LogP contribution in [0.15, 0.2) is 55.0 Å². The van der Waals surface area contributed by atoms with Gasteiger partial charge in [0.1, 0.15) is 0 Å². The lowest BCUT2D eigenvalue weighted by molar-refractivity contribution is 0.802. The fourth-order valence-corrected chi connectivity index (χ4v) is 2.18.